The van der Waals surface area contributed by atoms with Crippen LogP contribution in [0.25, 0.3) is 0 Å². The second kappa shape index (κ2) is 6.40. The minimum absolute atomic E-state index is 0.200. The number of piperidine rings is 1. The topological polar surface area (TPSA) is 98.3 Å². The first-order chi connectivity index (χ1) is 9.56. The molecule has 0 saturated carbocycles. The van der Waals surface area contributed by atoms with Crippen molar-refractivity contribution < 1.29 is 14.7 Å². The minimum atomic E-state index is -1.04. The molecule has 20 heavy (non-hydrogen) atoms. The molecule has 0 aromatic carbocycles. The summed E-state index contributed by atoms with van der Waals surface area (Å²) in [5.41, 5.74) is 0.685. The van der Waals surface area contributed by atoms with Crippen LogP contribution >= 0.6 is 0 Å². The quantitative estimate of drug-likeness (QED) is 0.761. The molecule has 1 saturated heterocycles. The Kier molecular flexibility index (Phi) is 4.60. The summed E-state index contributed by atoms with van der Waals surface area (Å²) in [6.07, 6.45) is 5.18. The molecule has 1 atom stereocenters. The average Bonchev–Trinajstić information content (AvgIpc) is 2.91. The Labute approximate surface area is 117 Å². The first-order valence-corrected chi connectivity index (χ1v) is 6.81. The number of carbonyl (C=O) groups is 2. The van der Waals surface area contributed by atoms with Gasteiger partial charge in [-0.2, -0.15) is 0 Å². The van der Waals surface area contributed by atoms with Gasteiger partial charge >= 0.3 is 12.0 Å². The van der Waals surface area contributed by atoms with E-state index < -0.39 is 12.0 Å². The fourth-order valence-corrected chi connectivity index (χ4v) is 2.27. The van der Waals surface area contributed by atoms with Gasteiger partial charge in [0.25, 0.3) is 0 Å². The van der Waals surface area contributed by atoms with E-state index >= 15 is 0 Å². The molecule has 7 nitrogen and oxygen atoms in total. The third-order valence-electron chi connectivity index (χ3n) is 3.65. The van der Waals surface area contributed by atoms with Crippen LogP contribution in [0, 0.1) is 5.92 Å². The second-order valence-corrected chi connectivity index (χ2v) is 5.29. The molecular weight excluding hydrogens is 260 g/mol. The predicted octanol–water partition coefficient (Wildman–Crippen LogP) is 0.847. The van der Waals surface area contributed by atoms with Crippen molar-refractivity contribution in [3.8, 4) is 0 Å². The Bertz CT molecular complexity index is 452. The molecule has 110 valence electrons. The Morgan fingerprint density at radius 1 is 1.55 bits per heavy atom. The van der Waals surface area contributed by atoms with Crippen LogP contribution in [0.3, 0.4) is 0 Å². The second-order valence-electron chi connectivity index (χ2n) is 5.29. The number of carboxylic acids is 1. The third-order valence-corrected chi connectivity index (χ3v) is 3.65. The van der Waals surface area contributed by atoms with Gasteiger partial charge in [0.1, 0.15) is 6.04 Å². The summed E-state index contributed by atoms with van der Waals surface area (Å²) in [6.45, 7) is 3.53. The number of carbonyl (C=O) groups excluding carboxylic acids is 1. The first-order valence-electron chi connectivity index (χ1n) is 6.81. The number of likely N-dealkylation sites (tertiary alicyclic amines) is 1. The number of H-pyrrole nitrogens is 1. The van der Waals surface area contributed by atoms with Gasteiger partial charge in [-0.3, -0.25) is 0 Å². The number of rotatable bonds is 4. The number of urea groups is 1. The van der Waals surface area contributed by atoms with E-state index in [9.17, 15) is 14.7 Å². The Balaban J connectivity index is 1.90. The van der Waals surface area contributed by atoms with Crippen LogP contribution in [0.5, 0.6) is 0 Å². The van der Waals surface area contributed by atoms with E-state index in [2.05, 4.69) is 22.2 Å². The van der Waals surface area contributed by atoms with Gasteiger partial charge in [0.15, 0.2) is 0 Å². The number of aromatic amines is 1. The zero-order chi connectivity index (χ0) is 14.5. The summed E-state index contributed by atoms with van der Waals surface area (Å²) >= 11 is 0. The van der Waals surface area contributed by atoms with E-state index in [1.54, 1.807) is 11.1 Å². The number of hydrogen-bond acceptors (Lipinski definition) is 3. The van der Waals surface area contributed by atoms with Crippen molar-refractivity contribution in [1.82, 2.24) is 20.2 Å². The third kappa shape index (κ3) is 3.72. The van der Waals surface area contributed by atoms with Gasteiger partial charge in [-0.1, -0.05) is 6.92 Å². The molecule has 2 amide bonds. The number of aromatic nitrogens is 2. The number of nitrogens with one attached hydrogen (secondary N) is 2. The van der Waals surface area contributed by atoms with Crippen molar-refractivity contribution in [2.24, 2.45) is 5.92 Å². The van der Waals surface area contributed by atoms with Gasteiger partial charge in [0.2, 0.25) is 0 Å². The lowest BCUT2D eigenvalue weighted by Gasteiger charge is -2.31. The number of amides is 2. The highest BCUT2D eigenvalue weighted by Gasteiger charge is 2.26. The van der Waals surface area contributed by atoms with Crippen molar-refractivity contribution in [3.63, 3.8) is 0 Å². The summed E-state index contributed by atoms with van der Waals surface area (Å²) in [6, 6.07) is -1.24. The summed E-state index contributed by atoms with van der Waals surface area (Å²) in [4.78, 5) is 31.7. The van der Waals surface area contributed by atoms with Crippen molar-refractivity contribution in [2.45, 2.75) is 32.2 Å². The van der Waals surface area contributed by atoms with Gasteiger partial charge in [0.05, 0.1) is 6.33 Å². The fraction of sp³-hybridized carbons (Fsp3) is 0.615. The summed E-state index contributed by atoms with van der Waals surface area (Å²) in [5, 5.41) is 11.8. The highest BCUT2D eigenvalue weighted by Crippen LogP contribution is 2.16. The van der Waals surface area contributed by atoms with Crippen LogP contribution in [0.2, 0.25) is 0 Å². The molecule has 2 rings (SSSR count). The average molecular weight is 280 g/mol. The highest BCUT2D eigenvalue weighted by molar-refractivity contribution is 5.82. The first kappa shape index (κ1) is 14.4. The SMILES string of the molecule is CC1CCN(C(=O)N[C@H](Cc2cnc[nH]2)C(=O)O)CC1. The fourth-order valence-electron chi connectivity index (χ4n) is 2.27. The molecule has 1 aromatic rings. The van der Waals surface area contributed by atoms with Crippen LogP contribution in [-0.2, 0) is 11.2 Å². The van der Waals surface area contributed by atoms with Gasteiger partial charge in [0, 0.05) is 31.4 Å². The molecular formula is C13H20N4O3. The van der Waals surface area contributed by atoms with E-state index in [1.165, 1.54) is 6.33 Å². The van der Waals surface area contributed by atoms with Crippen LogP contribution < -0.4 is 5.32 Å². The molecule has 1 aliphatic heterocycles. The number of aliphatic carboxylic acids is 1. The highest BCUT2D eigenvalue weighted by atomic mass is 16.4. The van der Waals surface area contributed by atoms with Crippen LogP contribution in [0.15, 0.2) is 12.5 Å². The molecule has 0 unspecified atom stereocenters. The summed E-state index contributed by atoms with van der Waals surface area (Å²) in [7, 11) is 0. The molecule has 2 heterocycles. The van der Waals surface area contributed by atoms with Crippen LogP contribution in [0.1, 0.15) is 25.5 Å². The maximum atomic E-state index is 12.1. The van der Waals surface area contributed by atoms with Crippen LogP contribution in [-0.4, -0.2) is 51.1 Å². The molecule has 0 bridgehead atoms. The van der Waals surface area contributed by atoms with Gasteiger partial charge in [-0.15, -0.1) is 0 Å². The van der Waals surface area contributed by atoms with Crippen molar-refractivity contribution in [1.29, 1.82) is 0 Å². The summed E-state index contributed by atoms with van der Waals surface area (Å²) < 4.78 is 0. The van der Waals surface area contributed by atoms with E-state index in [-0.39, 0.29) is 12.5 Å². The maximum Gasteiger partial charge on any atom is 0.326 e. The zero-order valence-corrected chi connectivity index (χ0v) is 11.5. The molecule has 0 aliphatic carbocycles. The van der Waals surface area contributed by atoms with E-state index in [0.717, 1.165) is 12.8 Å². The Morgan fingerprint density at radius 3 is 2.80 bits per heavy atom. The normalized spacial score (nSPS) is 17.8. The lowest BCUT2D eigenvalue weighted by Crippen LogP contribution is -2.50. The van der Waals surface area contributed by atoms with Crippen molar-refractivity contribution in [3.05, 3.63) is 18.2 Å². The minimum Gasteiger partial charge on any atom is -0.480 e. The molecule has 0 spiro atoms. The van der Waals surface area contributed by atoms with Gasteiger partial charge in [-0.25, -0.2) is 14.6 Å². The van der Waals surface area contributed by atoms with E-state index in [4.69, 9.17) is 0 Å². The standard InChI is InChI=1S/C13H20N4O3/c1-9-2-4-17(5-3-9)13(20)16-11(12(18)19)6-10-7-14-8-15-10/h7-9,11H,2-6H2,1H3,(H,14,15)(H,16,20)(H,18,19)/t11-/m1/s1. The van der Waals surface area contributed by atoms with E-state index in [0.29, 0.717) is 24.7 Å². The molecule has 0 radical (unpaired) electrons. The summed E-state index contributed by atoms with van der Waals surface area (Å²) in [5.74, 6) is -0.419. The number of imidazole rings is 1. The molecule has 1 aromatic heterocycles. The predicted molar refractivity (Wildman–Crippen MR) is 72.2 cm³/mol. The van der Waals surface area contributed by atoms with Crippen molar-refractivity contribution in [2.75, 3.05) is 13.1 Å². The number of carboxylic acid groups (broad SMARTS) is 1. The monoisotopic (exact) mass is 280 g/mol. The molecule has 1 fully saturated rings. The number of hydrogen-bond donors (Lipinski definition) is 3. The lowest BCUT2D eigenvalue weighted by molar-refractivity contribution is -0.139. The lowest BCUT2D eigenvalue weighted by atomic mass is 9.99. The molecule has 3 N–H and O–H groups in total. The largest absolute Gasteiger partial charge is 0.480 e. The van der Waals surface area contributed by atoms with Crippen LogP contribution in [0.4, 0.5) is 4.79 Å². The van der Waals surface area contributed by atoms with Gasteiger partial charge in [-0.05, 0) is 18.8 Å². The zero-order valence-electron chi connectivity index (χ0n) is 11.5. The molecule has 1 aliphatic rings. The number of nitrogens with zero attached hydrogens (tertiary/aromatic N) is 2. The Hall–Kier alpha value is -2.05. The Morgan fingerprint density at radius 2 is 2.25 bits per heavy atom. The van der Waals surface area contributed by atoms with Crippen molar-refractivity contribution >= 4 is 12.0 Å². The maximum absolute atomic E-state index is 12.1. The molecule has 7 heteroatoms. The van der Waals surface area contributed by atoms with Gasteiger partial charge < -0.3 is 20.3 Å². The van der Waals surface area contributed by atoms with E-state index in [1.807, 2.05) is 0 Å². The smallest absolute Gasteiger partial charge is 0.326 e.